The molecule has 2 heteroatoms. The molecule has 19 heavy (non-hydrogen) atoms. The predicted molar refractivity (Wildman–Crippen MR) is 82.9 cm³/mol. The van der Waals surface area contributed by atoms with Crippen molar-refractivity contribution in [2.45, 2.75) is 64.2 Å². The zero-order valence-electron chi connectivity index (χ0n) is 12.6. The third kappa shape index (κ3) is 4.85. The van der Waals surface area contributed by atoms with Gasteiger partial charge in [0.25, 0.3) is 0 Å². The summed E-state index contributed by atoms with van der Waals surface area (Å²) in [6, 6.07) is 4.53. The Balaban J connectivity index is 2.11. The number of rotatable bonds is 1. The number of anilines is 1. The summed E-state index contributed by atoms with van der Waals surface area (Å²) in [5, 5.41) is 0. The smallest absolute Gasteiger partial charge is 0.0427 e. The van der Waals surface area contributed by atoms with E-state index < -0.39 is 0 Å². The minimum Gasteiger partial charge on any atom is -0.378 e. The second-order valence-corrected chi connectivity index (χ2v) is 6.03. The molecule has 2 rings (SSSR count). The molecule has 0 saturated heterocycles. The molecule has 1 aromatic rings. The number of fused-ring (bicyclic) bond motifs is 2. The van der Waals surface area contributed by atoms with E-state index in [1.165, 1.54) is 68.4 Å². The molecule has 1 aliphatic rings. The van der Waals surface area contributed by atoms with E-state index in [0.717, 1.165) is 12.8 Å². The molecule has 2 bridgehead atoms. The molecule has 0 radical (unpaired) electrons. The Kier molecular flexibility index (Phi) is 5.68. The van der Waals surface area contributed by atoms with Gasteiger partial charge in [-0.1, -0.05) is 38.5 Å². The standard InChI is InChI=1S/C17H28N2/c1-19(2)17-13-15-11-9-7-5-3-4-6-8-10-12-16(14-17)18-15/h13-14H,3-12H2,1-2H3. The van der Waals surface area contributed by atoms with Crippen LogP contribution in [0.15, 0.2) is 12.1 Å². The van der Waals surface area contributed by atoms with Gasteiger partial charge in [0.15, 0.2) is 0 Å². The van der Waals surface area contributed by atoms with Crippen LogP contribution < -0.4 is 4.90 Å². The average molecular weight is 260 g/mol. The van der Waals surface area contributed by atoms with Crippen LogP contribution in [0.4, 0.5) is 5.69 Å². The second kappa shape index (κ2) is 7.52. The van der Waals surface area contributed by atoms with E-state index in [2.05, 4.69) is 31.1 Å². The fourth-order valence-corrected chi connectivity index (χ4v) is 2.82. The number of pyridine rings is 1. The van der Waals surface area contributed by atoms with Crippen molar-refractivity contribution in [3.05, 3.63) is 23.5 Å². The maximum Gasteiger partial charge on any atom is 0.0427 e. The molecule has 2 heterocycles. The SMILES string of the molecule is CN(C)c1cc2nc(c1)CCCCCCCCCC2. The summed E-state index contributed by atoms with van der Waals surface area (Å²) in [6.45, 7) is 0. The predicted octanol–water partition coefficient (Wildman–Crippen LogP) is 4.37. The Morgan fingerprint density at radius 1 is 0.737 bits per heavy atom. The van der Waals surface area contributed by atoms with Gasteiger partial charge in [0.05, 0.1) is 0 Å². The fourth-order valence-electron chi connectivity index (χ4n) is 2.82. The minimum absolute atomic E-state index is 1.15. The molecule has 0 aromatic carbocycles. The van der Waals surface area contributed by atoms with Crippen LogP contribution in [-0.4, -0.2) is 19.1 Å². The van der Waals surface area contributed by atoms with Gasteiger partial charge < -0.3 is 4.90 Å². The summed E-state index contributed by atoms with van der Waals surface area (Å²) in [4.78, 5) is 7.05. The molecule has 106 valence electrons. The topological polar surface area (TPSA) is 16.1 Å². The van der Waals surface area contributed by atoms with Gasteiger partial charge in [0.2, 0.25) is 0 Å². The molecule has 0 spiro atoms. The third-order valence-corrected chi connectivity index (χ3v) is 4.05. The summed E-state index contributed by atoms with van der Waals surface area (Å²) in [6.07, 6.45) is 13.3. The van der Waals surface area contributed by atoms with E-state index in [1.807, 2.05) is 0 Å². The fraction of sp³-hybridized carbons (Fsp3) is 0.706. The Morgan fingerprint density at radius 3 is 1.58 bits per heavy atom. The molecular formula is C17H28N2. The van der Waals surface area contributed by atoms with Gasteiger partial charge in [-0.2, -0.15) is 0 Å². The van der Waals surface area contributed by atoms with Crippen LogP contribution in [0.2, 0.25) is 0 Å². The molecule has 1 aromatic heterocycles. The van der Waals surface area contributed by atoms with Crippen LogP contribution in [0.5, 0.6) is 0 Å². The largest absolute Gasteiger partial charge is 0.378 e. The van der Waals surface area contributed by atoms with Gasteiger partial charge in [-0.05, 0) is 37.8 Å². The lowest BCUT2D eigenvalue weighted by Crippen LogP contribution is -2.11. The van der Waals surface area contributed by atoms with Crippen LogP contribution in [-0.2, 0) is 12.8 Å². The zero-order chi connectivity index (χ0) is 13.5. The van der Waals surface area contributed by atoms with Crippen molar-refractivity contribution in [2.75, 3.05) is 19.0 Å². The van der Waals surface area contributed by atoms with E-state index >= 15 is 0 Å². The van der Waals surface area contributed by atoms with E-state index in [-0.39, 0.29) is 0 Å². The molecule has 0 atom stereocenters. The van der Waals surface area contributed by atoms with Crippen LogP contribution >= 0.6 is 0 Å². The van der Waals surface area contributed by atoms with Crippen molar-refractivity contribution < 1.29 is 0 Å². The van der Waals surface area contributed by atoms with Crippen molar-refractivity contribution in [2.24, 2.45) is 0 Å². The molecule has 2 nitrogen and oxygen atoms in total. The molecule has 1 aliphatic heterocycles. The maximum atomic E-state index is 4.85. The Bertz CT molecular complexity index is 355. The quantitative estimate of drug-likeness (QED) is 0.745. The van der Waals surface area contributed by atoms with Gasteiger partial charge in [0, 0.05) is 31.2 Å². The molecule has 0 N–H and O–H groups in total. The Hall–Kier alpha value is -1.05. The number of hydrogen-bond donors (Lipinski definition) is 0. The number of nitrogens with zero attached hydrogens (tertiary/aromatic N) is 2. The highest BCUT2D eigenvalue weighted by Gasteiger charge is 2.06. The molecule has 0 amide bonds. The summed E-state index contributed by atoms with van der Waals surface area (Å²) < 4.78 is 0. The summed E-state index contributed by atoms with van der Waals surface area (Å²) >= 11 is 0. The van der Waals surface area contributed by atoms with Gasteiger partial charge in [-0.15, -0.1) is 0 Å². The summed E-state index contributed by atoms with van der Waals surface area (Å²) in [5.74, 6) is 0. The minimum atomic E-state index is 1.15. The number of aromatic nitrogens is 1. The first kappa shape index (κ1) is 14.4. The van der Waals surface area contributed by atoms with Crippen LogP contribution in [0, 0.1) is 0 Å². The van der Waals surface area contributed by atoms with Gasteiger partial charge in [-0.3, -0.25) is 4.98 Å². The lowest BCUT2D eigenvalue weighted by molar-refractivity contribution is 0.570. The van der Waals surface area contributed by atoms with Crippen molar-refractivity contribution in [1.29, 1.82) is 0 Å². The normalized spacial score (nSPS) is 18.0. The third-order valence-electron chi connectivity index (χ3n) is 4.05. The first-order valence-electron chi connectivity index (χ1n) is 7.93. The monoisotopic (exact) mass is 260 g/mol. The molecule has 0 unspecified atom stereocenters. The average Bonchev–Trinajstić information content (AvgIpc) is 2.41. The number of hydrogen-bond acceptors (Lipinski definition) is 2. The first-order chi connectivity index (χ1) is 9.25. The summed E-state index contributed by atoms with van der Waals surface area (Å²) in [5.41, 5.74) is 3.90. The lowest BCUT2D eigenvalue weighted by Gasteiger charge is -2.15. The lowest BCUT2D eigenvalue weighted by atomic mass is 10.1. The van der Waals surface area contributed by atoms with E-state index in [9.17, 15) is 0 Å². The highest BCUT2D eigenvalue weighted by molar-refractivity contribution is 5.47. The molecule has 0 aliphatic carbocycles. The number of aryl methyl sites for hydroxylation is 2. The highest BCUT2D eigenvalue weighted by atomic mass is 15.1. The maximum absolute atomic E-state index is 4.85. The van der Waals surface area contributed by atoms with Gasteiger partial charge >= 0.3 is 0 Å². The van der Waals surface area contributed by atoms with Crippen LogP contribution in [0.25, 0.3) is 0 Å². The highest BCUT2D eigenvalue weighted by Crippen LogP contribution is 2.19. The Morgan fingerprint density at radius 2 is 1.16 bits per heavy atom. The molecular weight excluding hydrogens is 232 g/mol. The van der Waals surface area contributed by atoms with Gasteiger partial charge in [-0.25, -0.2) is 0 Å². The van der Waals surface area contributed by atoms with Crippen LogP contribution in [0.3, 0.4) is 0 Å². The molecule has 0 fully saturated rings. The van der Waals surface area contributed by atoms with E-state index in [0.29, 0.717) is 0 Å². The molecule has 0 saturated carbocycles. The Labute approximate surface area is 118 Å². The van der Waals surface area contributed by atoms with Crippen molar-refractivity contribution in [3.63, 3.8) is 0 Å². The van der Waals surface area contributed by atoms with E-state index in [1.54, 1.807) is 0 Å². The second-order valence-electron chi connectivity index (χ2n) is 6.03. The zero-order valence-corrected chi connectivity index (χ0v) is 12.6. The first-order valence-corrected chi connectivity index (χ1v) is 7.93. The van der Waals surface area contributed by atoms with E-state index in [4.69, 9.17) is 4.98 Å². The van der Waals surface area contributed by atoms with Crippen molar-refractivity contribution in [3.8, 4) is 0 Å². The summed E-state index contributed by atoms with van der Waals surface area (Å²) in [7, 11) is 4.24. The van der Waals surface area contributed by atoms with Gasteiger partial charge in [0.1, 0.15) is 0 Å². The van der Waals surface area contributed by atoms with Crippen LogP contribution in [0.1, 0.15) is 62.8 Å². The van der Waals surface area contributed by atoms with Crippen molar-refractivity contribution >= 4 is 5.69 Å². The van der Waals surface area contributed by atoms with Crippen molar-refractivity contribution in [1.82, 2.24) is 4.98 Å².